The number of hydrogen-bond acceptors (Lipinski definition) is 3. The molecule has 1 heterocycles. The molecule has 1 unspecified atom stereocenters. The van der Waals surface area contributed by atoms with Crippen LogP contribution in [0.25, 0.3) is 0 Å². The third-order valence-corrected chi connectivity index (χ3v) is 3.82. The molecule has 0 bridgehead atoms. The summed E-state index contributed by atoms with van der Waals surface area (Å²) in [4.78, 5) is 35.6. The summed E-state index contributed by atoms with van der Waals surface area (Å²) in [6, 6.07) is 10.6. The van der Waals surface area contributed by atoms with Crippen LogP contribution in [0.15, 0.2) is 42.5 Å². The van der Waals surface area contributed by atoms with E-state index in [9.17, 15) is 18.8 Å². The van der Waals surface area contributed by atoms with Gasteiger partial charge >= 0.3 is 0 Å². The van der Waals surface area contributed by atoms with Crippen LogP contribution in [0.2, 0.25) is 0 Å². The van der Waals surface area contributed by atoms with E-state index in [2.05, 4.69) is 16.0 Å². The van der Waals surface area contributed by atoms with Crippen LogP contribution in [0.4, 0.5) is 21.5 Å². The SMILES string of the molecule is CC(=O)Nc1cccc(NC(=O)C2CC(=O)Nc3cc(F)ccc32)c1. The molecular weight excluding hydrogens is 325 g/mol. The molecule has 0 saturated carbocycles. The Labute approximate surface area is 143 Å². The Morgan fingerprint density at radius 1 is 1.12 bits per heavy atom. The Balaban J connectivity index is 1.82. The van der Waals surface area contributed by atoms with E-state index in [0.29, 0.717) is 22.6 Å². The summed E-state index contributed by atoms with van der Waals surface area (Å²) in [5.74, 6) is -2.13. The number of rotatable bonds is 3. The van der Waals surface area contributed by atoms with Gasteiger partial charge in [0.2, 0.25) is 17.7 Å². The molecule has 1 aliphatic heterocycles. The van der Waals surface area contributed by atoms with Crippen molar-refractivity contribution in [1.29, 1.82) is 0 Å². The van der Waals surface area contributed by atoms with Crippen LogP contribution in [-0.4, -0.2) is 17.7 Å². The molecule has 1 atom stereocenters. The first-order chi connectivity index (χ1) is 11.9. The minimum absolute atomic E-state index is 0.0180. The van der Waals surface area contributed by atoms with Gasteiger partial charge in [-0.05, 0) is 35.9 Å². The van der Waals surface area contributed by atoms with Gasteiger partial charge in [-0.3, -0.25) is 14.4 Å². The number of nitrogens with one attached hydrogen (secondary N) is 3. The number of halogens is 1. The summed E-state index contributed by atoms with van der Waals surface area (Å²) in [7, 11) is 0. The van der Waals surface area contributed by atoms with Crippen molar-refractivity contribution < 1.29 is 18.8 Å². The van der Waals surface area contributed by atoms with E-state index in [4.69, 9.17) is 0 Å². The van der Waals surface area contributed by atoms with E-state index in [1.165, 1.54) is 25.1 Å². The van der Waals surface area contributed by atoms with E-state index in [1.807, 2.05) is 0 Å². The first-order valence-electron chi connectivity index (χ1n) is 7.70. The fraction of sp³-hybridized carbons (Fsp3) is 0.167. The highest BCUT2D eigenvalue weighted by molar-refractivity contribution is 6.05. The van der Waals surface area contributed by atoms with Crippen molar-refractivity contribution in [1.82, 2.24) is 0 Å². The monoisotopic (exact) mass is 341 g/mol. The lowest BCUT2D eigenvalue weighted by Crippen LogP contribution is -2.30. The van der Waals surface area contributed by atoms with Crippen molar-refractivity contribution in [3.8, 4) is 0 Å². The first kappa shape index (κ1) is 16.6. The highest BCUT2D eigenvalue weighted by atomic mass is 19.1. The van der Waals surface area contributed by atoms with Gasteiger partial charge in [-0.2, -0.15) is 0 Å². The lowest BCUT2D eigenvalue weighted by molar-refractivity contribution is -0.123. The van der Waals surface area contributed by atoms with Crippen molar-refractivity contribution in [2.24, 2.45) is 0 Å². The summed E-state index contributed by atoms with van der Waals surface area (Å²) in [6.45, 7) is 1.39. The number of anilines is 3. The summed E-state index contributed by atoms with van der Waals surface area (Å²) >= 11 is 0. The largest absolute Gasteiger partial charge is 0.326 e. The zero-order valence-electron chi connectivity index (χ0n) is 13.4. The zero-order chi connectivity index (χ0) is 18.0. The van der Waals surface area contributed by atoms with Gasteiger partial charge in [0.15, 0.2) is 0 Å². The molecule has 6 nitrogen and oxygen atoms in total. The zero-order valence-corrected chi connectivity index (χ0v) is 13.4. The van der Waals surface area contributed by atoms with Crippen molar-refractivity contribution >= 4 is 34.8 Å². The normalized spacial score (nSPS) is 15.8. The smallest absolute Gasteiger partial charge is 0.232 e. The van der Waals surface area contributed by atoms with E-state index in [1.54, 1.807) is 24.3 Å². The molecule has 0 aromatic heterocycles. The van der Waals surface area contributed by atoms with Gasteiger partial charge in [-0.15, -0.1) is 0 Å². The van der Waals surface area contributed by atoms with Gasteiger partial charge in [0.05, 0.1) is 5.92 Å². The standard InChI is InChI=1S/C18H16FN3O3/c1-10(23)20-12-3-2-4-13(8-12)21-18(25)15-9-17(24)22-16-7-11(19)5-6-14(15)16/h2-8,15H,9H2,1H3,(H,20,23)(H,21,25)(H,22,24). The number of benzene rings is 2. The summed E-state index contributed by atoms with van der Waals surface area (Å²) < 4.78 is 13.4. The van der Waals surface area contributed by atoms with Crippen LogP contribution in [0, 0.1) is 5.82 Å². The van der Waals surface area contributed by atoms with Crippen molar-refractivity contribution in [2.45, 2.75) is 19.3 Å². The molecule has 0 saturated heterocycles. The topological polar surface area (TPSA) is 87.3 Å². The van der Waals surface area contributed by atoms with Crippen LogP contribution >= 0.6 is 0 Å². The average Bonchev–Trinajstić information content (AvgIpc) is 2.53. The first-order valence-corrected chi connectivity index (χ1v) is 7.70. The maximum absolute atomic E-state index is 13.4. The fourth-order valence-electron chi connectivity index (χ4n) is 2.78. The maximum Gasteiger partial charge on any atom is 0.232 e. The van der Waals surface area contributed by atoms with Gasteiger partial charge in [-0.1, -0.05) is 12.1 Å². The number of carbonyl (C=O) groups is 3. The van der Waals surface area contributed by atoms with Crippen LogP contribution in [0.5, 0.6) is 0 Å². The highest BCUT2D eigenvalue weighted by Crippen LogP contribution is 2.33. The molecule has 3 amide bonds. The third-order valence-electron chi connectivity index (χ3n) is 3.82. The predicted octanol–water partition coefficient (Wildman–Crippen LogP) is 2.85. The fourth-order valence-corrected chi connectivity index (χ4v) is 2.78. The second-order valence-corrected chi connectivity index (χ2v) is 5.79. The molecule has 3 rings (SSSR count). The second-order valence-electron chi connectivity index (χ2n) is 5.79. The quantitative estimate of drug-likeness (QED) is 0.802. The Morgan fingerprint density at radius 2 is 1.84 bits per heavy atom. The molecule has 3 N–H and O–H groups in total. The molecule has 1 aliphatic rings. The van der Waals surface area contributed by atoms with E-state index in [0.717, 1.165) is 0 Å². The van der Waals surface area contributed by atoms with Crippen LogP contribution in [0.3, 0.4) is 0 Å². The van der Waals surface area contributed by atoms with Gasteiger partial charge in [0.1, 0.15) is 5.82 Å². The molecule has 2 aromatic rings. The molecule has 7 heteroatoms. The minimum atomic E-state index is -0.714. The Hall–Kier alpha value is -3.22. The summed E-state index contributed by atoms with van der Waals surface area (Å²) in [5.41, 5.74) is 1.92. The second kappa shape index (κ2) is 6.72. The van der Waals surface area contributed by atoms with Gasteiger partial charge in [0.25, 0.3) is 0 Å². The number of amides is 3. The molecule has 0 radical (unpaired) electrons. The summed E-state index contributed by atoms with van der Waals surface area (Å²) in [6.07, 6.45) is -0.0180. The highest BCUT2D eigenvalue weighted by Gasteiger charge is 2.31. The van der Waals surface area contributed by atoms with Crippen molar-refractivity contribution in [3.63, 3.8) is 0 Å². The third kappa shape index (κ3) is 3.82. The van der Waals surface area contributed by atoms with Gasteiger partial charge in [0, 0.05) is 30.4 Å². The molecular formula is C18H16FN3O3. The van der Waals surface area contributed by atoms with E-state index in [-0.39, 0.29) is 24.1 Å². The summed E-state index contributed by atoms with van der Waals surface area (Å²) in [5, 5.41) is 7.94. The molecule has 0 spiro atoms. The molecule has 128 valence electrons. The maximum atomic E-state index is 13.4. The predicted molar refractivity (Wildman–Crippen MR) is 91.8 cm³/mol. The van der Waals surface area contributed by atoms with Crippen LogP contribution in [0.1, 0.15) is 24.8 Å². The van der Waals surface area contributed by atoms with Gasteiger partial charge in [-0.25, -0.2) is 4.39 Å². The van der Waals surface area contributed by atoms with Crippen LogP contribution < -0.4 is 16.0 Å². The molecule has 0 fully saturated rings. The molecule has 25 heavy (non-hydrogen) atoms. The molecule has 2 aromatic carbocycles. The Morgan fingerprint density at radius 3 is 2.56 bits per heavy atom. The van der Waals surface area contributed by atoms with Crippen molar-refractivity contribution in [3.05, 3.63) is 53.8 Å². The Kier molecular flexibility index (Phi) is 4.47. The van der Waals surface area contributed by atoms with Gasteiger partial charge < -0.3 is 16.0 Å². The number of fused-ring (bicyclic) bond motifs is 1. The lowest BCUT2D eigenvalue weighted by Gasteiger charge is -2.25. The van der Waals surface area contributed by atoms with Crippen molar-refractivity contribution in [2.75, 3.05) is 16.0 Å². The van der Waals surface area contributed by atoms with E-state index >= 15 is 0 Å². The molecule has 0 aliphatic carbocycles. The number of carbonyl (C=O) groups excluding carboxylic acids is 3. The minimum Gasteiger partial charge on any atom is -0.326 e. The van der Waals surface area contributed by atoms with E-state index < -0.39 is 11.7 Å². The lowest BCUT2D eigenvalue weighted by atomic mass is 9.89. The van der Waals surface area contributed by atoms with Crippen LogP contribution in [-0.2, 0) is 14.4 Å². The number of hydrogen-bond donors (Lipinski definition) is 3. The Bertz CT molecular complexity index is 866. The average molecular weight is 341 g/mol.